The fourth-order valence-corrected chi connectivity index (χ4v) is 3.51. The van der Waals surface area contributed by atoms with E-state index in [4.69, 9.17) is 16.3 Å². The molecule has 0 spiro atoms. The third-order valence-electron chi connectivity index (χ3n) is 4.62. The summed E-state index contributed by atoms with van der Waals surface area (Å²) in [6, 6.07) is 18.7. The highest BCUT2D eigenvalue weighted by Gasteiger charge is 2.32. The summed E-state index contributed by atoms with van der Waals surface area (Å²) in [4.78, 5) is 2.54. The number of morpholine rings is 1. The van der Waals surface area contributed by atoms with E-state index in [1.807, 2.05) is 18.2 Å². The third kappa shape index (κ3) is 4.14. The Labute approximate surface area is 144 Å². The second-order valence-corrected chi connectivity index (χ2v) is 7.27. The van der Waals surface area contributed by atoms with E-state index in [-0.39, 0.29) is 11.6 Å². The van der Waals surface area contributed by atoms with E-state index in [1.54, 1.807) is 0 Å². The summed E-state index contributed by atoms with van der Waals surface area (Å²) in [5.74, 6) is 0. The van der Waals surface area contributed by atoms with Gasteiger partial charge in [0, 0.05) is 23.7 Å². The number of benzene rings is 2. The van der Waals surface area contributed by atoms with Crippen LogP contribution in [0.2, 0.25) is 5.02 Å². The maximum atomic E-state index is 6.13. The van der Waals surface area contributed by atoms with Gasteiger partial charge in [0.2, 0.25) is 0 Å². The Morgan fingerprint density at radius 1 is 1.13 bits per heavy atom. The molecule has 0 N–H and O–H groups in total. The zero-order valence-electron chi connectivity index (χ0n) is 13.8. The number of ether oxygens (including phenoxy) is 1. The number of nitrogens with zero attached hydrogens (tertiary/aromatic N) is 1. The summed E-state index contributed by atoms with van der Waals surface area (Å²) in [5.41, 5.74) is 2.64. The predicted octanol–water partition coefficient (Wildman–Crippen LogP) is 4.73. The standard InChI is InChI=1S/C20H24ClNO/c1-20(2,14-16-7-4-3-5-8-16)22-11-12-23-19(15-22)17-9-6-10-18(21)13-17/h3-10,13,19H,11-12,14-15H2,1-2H3/t19-/m1/s1. The van der Waals surface area contributed by atoms with Gasteiger partial charge in [-0.25, -0.2) is 0 Å². The first-order valence-electron chi connectivity index (χ1n) is 8.21. The summed E-state index contributed by atoms with van der Waals surface area (Å²) in [7, 11) is 0. The van der Waals surface area contributed by atoms with E-state index in [2.05, 4.69) is 55.1 Å². The average molecular weight is 330 g/mol. The van der Waals surface area contributed by atoms with Gasteiger partial charge < -0.3 is 4.74 Å². The lowest BCUT2D eigenvalue weighted by Gasteiger charge is -2.44. The van der Waals surface area contributed by atoms with Crippen molar-refractivity contribution in [2.24, 2.45) is 0 Å². The third-order valence-corrected chi connectivity index (χ3v) is 4.86. The first kappa shape index (κ1) is 16.5. The van der Waals surface area contributed by atoms with Gasteiger partial charge in [0.15, 0.2) is 0 Å². The molecule has 0 saturated carbocycles. The van der Waals surface area contributed by atoms with Crippen molar-refractivity contribution in [1.82, 2.24) is 4.90 Å². The van der Waals surface area contributed by atoms with Gasteiger partial charge in [-0.05, 0) is 43.5 Å². The summed E-state index contributed by atoms with van der Waals surface area (Å²) in [5, 5.41) is 0.770. The van der Waals surface area contributed by atoms with Crippen molar-refractivity contribution < 1.29 is 4.74 Å². The Morgan fingerprint density at radius 3 is 2.65 bits per heavy atom. The van der Waals surface area contributed by atoms with Gasteiger partial charge in [-0.1, -0.05) is 54.1 Å². The minimum absolute atomic E-state index is 0.0949. The lowest BCUT2D eigenvalue weighted by Crippen LogP contribution is -2.51. The zero-order valence-corrected chi connectivity index (χ0v) is 14.6. The minimum atomic E-state index is 0.0949. The van der Waals surface area contributed by atoms with Crippen LogP contribution in [-0.4, -0.2) is 30.1 Å². The summed E-state index contributed by atoms with van der Waals surface area (Å²) >= 11 is 6.13. The molecule has 1 saturated heterocycles. The van der Waals surface area contributed by atoms with Gasteiger partial charge in [0.05, 0.1) is 12.7 Å². The van der Waals surface area contributed by atoms with Crippen LogP contribution in [0.5, 0.6) is 0 Å². The first-order valence-corrected chi connectivity index (χ1v) is 8.58. The highest BCUT2D eigenvalue weighted by molar-refractivity contribution is 6.30. The monoisotopic (exact) mass is 329 g/mol. The Bertz CT molecular complexity index is 641. The maximum absolute atomic E-state index is 6.13. The zero-order chi connectivity index (χ0) is 16.3. The molecule has 0 aliphatic carbocycles. The molecular weight excluding hydrogens is 306 g/mol. The molecule has 0 radical (unpaired) electrons. The van der Waals surface area contributed by atoms with Gasteiger partial charge >= 0.3 is 0 Å². The fraction of sp³-hybridized carbons (Fsp3) is 0.400. The van der Waals surface area contributed by atoms with Crippen LogP contribution in [-0.2, 0) is 11.2 Å². The van der Waals surface area contributed by atoms with Gasteiger partial charge in [0.1, 0.15) is 0 Å². The number of rotatable bonds is 4. The van der Waals surface area contributed by atoms with Crippen molar-refractivity contribution in [3.63, 3.8) is 0 Å². The van der Waals surface area contributed by atoms with Gasteiger partial charge in [-0.3, -0.25) is 4.90 Å². The molecular formula is C20H24ClNO. The van der Waals surface area contributed by atoms with Crippen LogP contribution in [0, 0.1) is 0 Å². The molecule has 1 fully saturated rings. The Morgan fingerprint density at radius 2 is 1.91 bits per heavy atom. The van der Waals surface area contributed by atoms with E-state index in [0.29, 0.717) is 0 Å². The van der Waals surface area contributed by atoms with Crippen LogP contribution in [0.15, 0.2) is 54.6 Å². The molecule has 3 heteroatoms. The average Bonchev–Trinajstić information content (AvgIpc) is 2.55. The van der Waals surface area contributed by atoms with Crippen LogP contribution < -0.4 is 0 Å². The summed E-state index contributed by atoms with van der Waals surface area (Å²) in [6.07, 6.45) is 1.13. The second kappa shape index (κ2) is 7.04. The molecule has 0 amide bonds. The summed E-state index contributed by atoms with van der Waals surface area (Å²) in [6.45, 7) is 7.27. The Balaban J connectivity index is 1.72. The first-order chi connectivity index (χ1) is 11.0. The van der Waals surface area contributed by atoms with Crippen LogP contribution in [0.1, 0.15) is 31.1 Å². The molecule has 2 aromatic rings. The van der Waals surface area contributed by atoms with E-state index in [0.717, 1.165) is 36.7 Å². The highest BCUT2D eigenvalue weighted by Crippen LogP contribution is 2.29. The number of halogens is 1. The van der Waals surface area contributed by atoms with Gasteiger partial charge in [-0.2, -0.15) is 0 Å². The van der Waals surface area contributed by atoms with E-state index < -0.39 is 0 Å². The molecule has 3 rings (SSSR count). The molecule has 0 unspecified atom stereocenters. The van der Waals surface area contributed by atoms with Gasteiger partial charge in [-0.15, -0.1) is 0 Å². The highest BCUT2D eigenvalue weighted by atomic mass is 35.5. The molecule has 2 nitrogen and oxygen atoms in total. The van der Waals surface area contributed by atoms with Crippen molar-refractivity contribution in [2.45, 2.75) is 31.9 Å². The molecule has 1 aliphatic rings. The largest absolute Gasteiger partial charge is 0.371 e. The molecule has 2 aromatic carbocycles. The van der Waals surface area contributed by atoms with Crippen molar-refractivity contribution in [3.8, 4) is 0 Å². The molecule has 1 atom stereocenters. The normalized spacial score (nSPS) is 19.7. The molecule has 122 valence electrons. The lowest BCUT2D eigenvalue weighted by molar-refractivity contribution is -0.0636. The van der Waals surface area contributed by atoms with Crippen LogP contribution in [0.25, 0.3) is 0 Å². The fourth-order valence-electron chi connectivity index (χ4n) is 3.31. The molecule has 23 heavy (non-hydrogen) atoms. The maximum Gasteiger partial charge on any atom is 0.0953 e. The molecule has 0 bridgehead atoms. The van der Waals surface area contributed by atoms with Crippen molar-refractivity contribution >= 4 is 11.6 Å². The second-order valence-electron chi connectivity index (χ2n) is 6.84. The van der Waals surface area contributed by atoms with E-state index in [9.17, 15) is 0 Å². The van der Waals surface area contributed by atoms with Crippen LogP contribution in [0.4, 0.5) is 0 Å². The summed E-state index contributed by atoms with van der Waals surface area (Å²) < 4.78 is 5.99. The Kier molecular flexibility index (Phi) is 5.05. The van der Waals surface area contributed by atoms with Crippen molar-refractivity contribution in [2.75, 3.05) is 19.7 Å². The quantitative estimate of drug-likeness (QED) is 0.803. The van der Waals surface area contributed by atoms with E-state index in [1.165, 1.54) is 5.56 Å². The number of hydrogen-bond donors (Lipinski definition) is 0. The van der Waals surface area contributed by atoms with Crippen molar-refractivity contribution in [3.05, 3.63) is 70.7 Å². The lowest BCUT2D eigenvalue weighted by atomic mass is 9.91. The van der Waals surface area contributed by atoms with Gasteiger partial charge in [0.25, 0.3) is 0 Å². The Hall–Kier alpha value is -1.35. The molecule has 0 aromatic heterocycles. The van der Waals surface area contributed by atoms with E-state index >= 15 is 0 Å². The van der Waals surface area contributed by atoms with Crippen LogP contribution in [0.3, 0.4) is 0 Å². The smallest absolute Gasteiger partial charge is 0.0953 e. The topological polar surface area (TPSA) is 12.5 Å². The predicted molar refractivity (Wildman–Crippen MR) is 95.9 cm³/mol. The van der Waals surface area contributed by atoms with Crippen LogP contribution >= 0.6 is 11.6 Å². The SMILES string of the molecule is CC(C)(Cc1ccccc1)N1CCO[C@@H](c2cccc(Cl)c2)C1. The number of hydrogen-bond acceptors (Lipinski definition) is 2. The molecule has 1 heterocycles. The minimum Gasteiger partial charge on any atom is -0.371 e. The molecule has 1 aliphatic heterocycles. The van der Waals surface area contributed by atoms with Crippen molar-refractivity contribution in [1.29, 1.82) is 0 Å².